The number of aromatic amines is 1. The predicted octanol–water partition coefficient (Wildman–Crippen LogP) is 5.03. The van der Waals surface area contributed by atoms with Gasteiger partial charge in [-0.25, -0.2) is 0 Å². The lowest BCUT2D eigenvalue weighted by Crippen LogP contribution is -2.39. The molecule has 0 spiro atoms. The summed E-state index contributed by atoms with van der Waals surface area (Å²) in [4.78, 5) is 18.1. The molecular formula is C20H19Cl2N3O. The Morgan fingerprint density at radius 3 is 2.85 bits per heavy atom. The molecule has 0 fully saturated rings. The maximum absolute atomic E-state index is 12.4. The SMILES string of the molecule is CC1c2[nH]c3ccc(Cl)cc3c2CCN1CC(=O)Nc1cccc(Cl)c1. The standard InChI is InChI=1S/C20H19Cl2N3O/c1-12-20-16(17-10-14(22)5-6-18(17)24-20)7-8-25(12)11-19(26)23-15-4-2-3-13(21)9-15/h2-6,9-10,12,24H,7-8,11H2,1H3,(H,23,26). The monoisotopic (exact) mass is 387 g/mol. The lowest BCUT2D eigenvalue weighted by atomic mass is 9.98. The number of benzene rings is 2. The van der Waals surface area contributed by atoms with Crippen molar-refractivity contribution in [2.45, 2.75) is 19.4 Å². The smallest absolute Gasteiger partial charge is 0.238 e. The predicted molar refractivity (Wildman–Crippen MR) is 107 cm³/mol. The second-order valence-corrected chi connectivity index (χ2v) is 7.53. The number of fused-ring (bicyclic) bond motifs is 3. The van der Waals surface area contributed by atoms with Crippen LogP contribution in [0.5, 0.6) is 0 Å². The molecule has 1 atom stereocenters. The van der Waals surface area contributed by atoms with Gasteiger partial charge in [-0.15, -0.1) is 0 Å². The molecule has 3 aromatic rings. The summed E-state index contributed by atoms with van der Waals surface area (Å²) in [7, 11) is 0. The maximum Gasteiger partial charge on any atom is 0.238 e. The Balaban J connectivity index is 1.51. The summed E-state index contributed by atoms with van der Waals surface area (Å²) in [6.45, 7) is 3.29. The van der Waals surface area contributed by atoms with Crippen LogP contribution >= 0.6 is 23.2 Å². The Morgan fingerprint density at radius 1 is 1.23 bits per heavy atom. The van der Waals surface area contributed by atoms with E-state index in [1.54, 1.807) is 12.1 Å². The van der Waals surface area contributed by atoms with Crippen LogP contribution in [0.1, 0.15) is 24.2 Å². The average molecular weight is 388 g/mol. The van der Waals surface area contributed by atoms with Crippen LogP contribution in [0.25, 0.3) is 10.9 Å². The minimum absolute atomic E-state index is 0.0401. The van der Waals surface area contributed by atoms with Gasteiger partial charge in [-0.1, -0.05) is 29.3 Å². The van der Waals surface area contributed by atoms with Gasteiger partial charge in [0.1, 0.15) is 0 Å². The fraction of sp³-hybridized carbons (Fsp3) is 0.250. The van der Waals surface area contributed by atoms with E-state index in [-0.39, 0.29) is 11.9 Å². The molecule has 0 aliphatic carbocycles. The highest BCUT2D eigenvalue weighted by Crippen LogP contribution is 2.35. The minimum Gasteiger partial charge on any atom is -0.357 e. The number of hydrogen-bond acceptors (Lipinski definition) is 2. The van der Waals surface area contributed by atoms with Crippen LogP contribution < -0.4 is 5.32 Å². The molecule has 1 aliphatic heterocycles. The molecule has 2 heterocycles. The highest BCUT2D eigenvalue weighted by atomic mass is 35.5. The number of carbonyl (C=O) groups is 1. The van der Waals surface area contributed by atoms with Crippen molar-refractivity contribution in [3.8, 4) is 0 Å². The first-order valence-corrected chi connectivity index (χ1v) is 9.36. The topological polar surface area (TPSA) is 48.1 Å². The molecule has 4 rings (SSSR count). The van der Waals surface area contributed by atoms with Gasteiger partial charge in [-0.2, -0.15) is 0 Å². The van der Waals surface area contributed by atoms with Crippen LogP contribution in [0.2, 0.25) is 10.0 Å². The molecule has 1 aliphatic rings. The Morgan fingerprint density at radius 2 is 2.04 bits per heavy atom. The molecule has 2 aromatic carbocycles. The van der Waals surface area contributed by atoms with Gasteiger partial charge in [-0.3, -0.25) is 9.69 Å². The van der Waals surface area contributed by atoms with Gasteiger partial charge in [0.2, 0.25) is 5.91 Å². The first-order chi connectivity index (χ1) is 12.5. The first kappa shape index (κ1) is 17.4. The summed E-state index contributed by atoms with van der Waals surface area (Å²) >= 11 is 12.1. The zero-order valence-electron chi connectivity index (χ0n) is 14.4. The van der Waals surface area contributed by atoms with E-state index < -0.39 is 0 Å². The van der Waals surface area contributed by atoms with E-state index in [0.717, 1.165) is 23.5 Å². The molecule has 0 bridgehead atoms. The van der Waals surface area contributed by atoms with Crippen LogP contribution in [0, 0.1) is 0 Å². The summed E-state index contributed by atoms with van der Waals surface area (Å²) in [5, 5.41) is 5.45. The van der Waals surface area contributed by atoms with Gasteiger partial charge in [-0.05, 0) is 55.3 Å². The molecule has 1 unspecified atom stereocenters. The molecule has 4 nitrogen and oxygen atoms in total. The number of carbonyl (C=O) groups excluding carboxylic acids is 1. The maximum atomic E-state index is 12.4. The quantitative estimate of drug-likeness (QED) is 0.661. The molecular weight excluding hydrogens is 369 g/mol. The van der Waals surface area contributed by atoms with E-state index >= 15 is 0 Å². The molecule has 6 heteroatoms. The highest BCUT2D eigenvalue weighted by Gasteiger charge is 2.28. The fourth-order valence-corrected chi connectivity index (χ4v) is 4.03. The number of aromatic nitrogens is 1. The van der Waals surface area contributed by atoms with E-state index in [2.05, 4.69) is 22.1 Å². The van der Waals surface area contributed by atoms with E-state index in [1.807, 2.05) is 30.3 Å². The number of nitrogens with zero attached hydrogens (tertiary/aromatic N) is 1. The first-order valence-electron chi connectivity index (χ1n) is 8.61. The van der Waals surface area contributed by atoms with Gasteiger partial charge >= 0.3 is 0 Å². The van der Waals surface area contributed by atoms with Crippen molar-refractivity contribution < 1.29 is 4.79 Å². The van der Waals surface area contributed by atoms with Crippen molar-refractivity contribution in [3.63, 3.8) is 0 Å². The van der Waals surface area contributed by atoms with Crippen molar-refractivity contribution in [1.82, 2.24) is 9.88 Å². The van der Waals surface area contributed by atoms with Crippen LogP contribution in [0.4, 0.5) is 5.69 Å². The average Bonchev–Trinajstić information content (AvgIpc) is 2.96. The van der Waals surface area contributed by atoms with Crippen LogP contribution in [0.15, 0.2) is 42.5 Å². The second-order valence-electron chi connectivity index (χ2n) is 6.66. The third-order valence-corrected chi connectivity index (χ3v) is 5.44. The molecule has 1 aromatic heterocycles. The van der Waals surface area contributed by atoms with Gasteiger partial charge in [0.25, 0.3) is 0 Å². The molecule has 0 saturated carbocycles. The zero-order chi connectivity index (χ0) is 18.3. The summed E-state index contributed by atoms with van der Waals surface area (Å²) in [6.07, 6.45) is 0.893. The summed E-state index contributed by atoms with van der Waals surface area (Å²) in [5.41, 5.74) is 4.29. The van der Waals surface area contributed by atoms with Gasteiger partial charge < -0.3 is 10.3 Å². The Kier molecular flexibility index (Phi) is 4.65. The second kappa shape index (κ2) is 6.95. The molecule has 0 saturated heterocycles. The van der Waals surface area contributed by atoms with Crippen LogP contribution in [-0.4, -0.2) is 28.9 Å². The molecule has 134 valence electrons. The summed E-state index contributed by atoms with van der Waals surface area (Å²) in [5.74, 6) is -0.0401. The Labute approximate surface area is 162 Å². The van der Waals surface area contributed by atoms with Crippen molar-refractivity contribution in [2.75, 3.05) is 18.4 Å². The van der Waals surface area contributed by atoms with Gasteiger partial charge in [0, 0.05) is 44.9 Å². The number of rotatable bonds is 3. The summed E-state index contributed by atoms with van der Waals surface area (Å²) < 4.78 is 0. The fourth-order valence-electron chi connectivity index (χ4n) is 3.67. The van der Waals surface area contributed by atoms with Crippen molar-refractivity contribution in [1.29, 1.82) is 0 Å². The lowest BCUT2D eigenvalue weighted by Gasteiger charge is -2.32. The number of amides is 1. The third kappa shape index (κ3) is 3.32. The Bertz CT molecular complexity index is 982. The third-order valence-electron chi connectivity index (χ3n) is 4.97. The zero-order valence-corrected chi connectivity index (χ0v) is 15.9. The number of hydrogen-bond donors (Lipinski definition) is 2. The van der Waals surface area contributed by atoms with E-state index in [4.69, 9.17) is 23.2 Å². The van der Waals surface area contributed by atoms with Gasteiger partial charge in [0.15, 0.2) is 0 Å². The largest absolute Gasteiger partial charge is 0.357 e. The van der Waals surface area contributed by atoms with E-state index in [9.17, 15) is 4.79 Å². The number of halogens is 2. The van der Waals surface area contributed by atoms with Crippen molar-refractivity contribution >= 4 is 45.7 Å². The van der Waals surface area contributed by atoms with Crippen molar-refractivity contribution in [3.05, 3.63) is 63.8 Å². The lowest BCUT2D eigenvalue weighted by molar-refractivity contribution is -0.117. The minimum atomic E-state index is -0.0401. The Hall–Kier alpha value is -2.01. The van der Waals surface area contributed by atoms with E-state index in [1.165, 1.54) is 16.6 Å². The van der Waals surface area contributed by atoms with Crippen LogP contribution in [-0.2, 0) is 11.2 Å². The van der Waals surface area contributed by atoms with Crippen LogP contribution in [0.3, 0.4) is 0 Å². The van der Waals surface area contributed by atoms with E-state index in [0.29, 0.717) is 17.3 Å². The molecule has 1 amide bonds. The normalized spacial score (nSPS) is 17.3. The number of anilines is 1. The van der Waals surface area contributed by atoms with Gasteiger partial charge in [0.05, 0.1) is 6.54 Å². The highest BCUT2D eigenvalue weighted by molar-refractivity contribution is 6.31. The molecule has 2 N–H and O–H groups in total. The van der Waals surface area contributed by atoms with Crippen molar-refractivity contribution in [2.24, 2.45) is 0 Å². The number of H-pyrrole nitrogens is 1. The molecule has 0 radical (unpaired) electrons. The summed E-state index contributed by atoms with van der Waals surface area (Å²) in [6, 6.07) is 13.2. The molecule has 26 heavy (non-hydrogen) atoms. The number of nitrogens with one attached hydrogen (secondary N) is 2.